The van der Waals surface area contributed by atoms with Crippen LogP contribution in [0.4, 0.5) is 0 Å². The number of ether oxygens (including phenoxy) is 1. The van der Waals surface area contributed by atoms with Gasteiger partial charge in [0.1, 0.15) is 0 Å². The van der Waals surface area contributed by atoms with Crippen LogP contribution in [-0.4, -0.2) is 18.8 Å². The highest BCUT2D eigenvalue weighted by Gasteiger charge is 2.25. The van der Waals surface area contributed by atoms with Crippen LogP contribution in [0.3, 0.4) is 0 Å². The molecular formula is C14H23NO. The number of methoxy groups -OCH3 is 1. The molecule has 0 aliphatic carbocycles. The van der Waals surface area contributed by atoms with Crippen LogP contribution in [0.25, 0.3) is 0 Å². The van der Waals surface area contributed by atoms with Gasteiger partial charge in [-0.15, -0.1) is 0 Å². The van der Waals surface area contributed by atoms with Gasteiger partial charge in [-0.05, 0) is 37.8 Å². The van der Waals surface area contributed by atoms with Gasteiger partial charge in [-0.2, -0.15) is 0 Å². The fourth-order valence-electron chi connectivity index (χ4n) is 1.56. The maximum absolute atomic E-state index is 6.14. The van der Waals surface area contributed by atoms with E-state index in [1.807, 2.05) is 13.8 Å². The molecule has 1 atom stereocenters. The van der Waals surface area contributed by atoms with E-state index in [0.29, 0.717) is 0 Å². The quantitative estimate of drug-likeness (QED) is 0.829. The van der Waals surface area contributed by atoms with Gasteiger partial charge in [-0.25, -0.2) is 0 Å². The molecule has 0 fully saturated rings. The molecule has 2 N–H and O–H groups in total. The fourth-order valence-corrected chi connectivity index (χ4v) is 1.56. The maximum Gasteiger partial charge on any atom is 0.0776 e. The second-order valence-corrected chi connectivity index (χ2v) is 4.79. The van der Waals surface area contributed by atoms with Gasteiger partial charge in [-0.1, -0.05) is 31.2 Å². The van der Waals surface area contributed by atoms with E-state index >= 15 is 0 Å². The summed E-state index contributed by atoms with van der Waals surface area (Å²) in [6, 6.07) is 8.67. The molecule has 0 aliphatic rings. The highest BCUT2D eigenvalue weighted by Crippen LogP contribution is 2.16. The van der Waals surface area contributed by atoms with Gasteiger partial charge >= 0.3 is 0 Å². The molecule has 0 spiro atoms. The lowest BCUT2D eigenvalue weighted by Crippen LogP contribution is -2.46. The number of hydrogen-bond donors (Lipinski definition) is 1. The predicted octanol–water partition coefficient (Wildman–Crippen LogP) is 2.54. The molecular weight excluding hydrogens is 198 g/mol. The summed E-state index contributed by atoms with van der Waals surface area (Å²) >= 11 is 0. The average molecular weight is 221 g/mol. The van der Waals surface area contributed by atoms with E-state index in [4.69, 9.17) is 10.5 Å². The third-order valence-corrected chi connectivity index (χ3v) is 3.31. The Morgan fingerprint density at radius 1 is 1.19 bits per heavy atom. The average Bonchev–Trinajstić information content (AvgIpc) is 2.30. The van der Waals surface area contributed by atoms with Crippen LogP contribution in [0.2, 0.25) is 0 Å². The first kappa shape index (κ1) is 13.2. The molecule has 90 valence electrons. The van der Waals surface area contributed by atoms with E-state index in [2.05, 4.69) is 31.2 Å². The van der Waals surface area contributed by atoms with Gasteiger partial charge in [0, 0.05) is 13.2 Å². The van der Waals surface area contributed by atoms with Crippen molar-refractivity contribution in [1.29, 1.82) is 0 Å². The first-order valence-corrected chi connectivity index (χ1v) is 5.88. The lowest BCUT2D eigenvalue weighted by atomic mass is 9.92. The highest BCUT2D eigenvalue weighted by molar-refractivity contribution is 5.23. The van der Waals surface area contributed by atoms with Gasteiger partial charge in [-0.3, -0.25) is 0 Å². The van der Waals surface area contributed by atoms with Gasteiger partial charge < -0.3 is 10.5 Å². The first-order valence-electron chi connectivity index (χ1n) is 5.88. The molecule has 0 amide bonds. The highest BCUT2D eigenvalue weighted by atomic mass is 16.5. The van der Waals surface area contributed by atoms with Crippen LogP contribution in [0.15, 0.2) is 24.3 Å². The largest absolute Gasteiger partial charge is 0.377 e. The summed E-state index contributed by atoms with van der Waals surface area (Å²) < 4.78 is 5.39. The number of nitrogens with two attached hydrogens (primary N) is 1. The fraction of sp³-hybridized carbons (Fsp3) is 0.571. The van der Waals surface area contributed by atoms with Crippen molar-refractivity contribution in [3.05, 3.63) is 35.4 Å². The summed E-state index contributed by atoms with van der Waals surface area (Å²) in [6.07, 6.45) is 1.93. The molecule has 2 heteroatoms. The number of hydrogen-bond acceptors (Lipinski definition) is 2. The second kappa shape index (κ2) is 5.46. The van der Waals surface area contributed by atoms with Crippen molar-refractivity contribution < 1.29 is 4.74 Å². The van der Waals surface area contributed by atoms with Crippen LogP contribution in [0, 0.1) is 0 Å². The zero-order chi connectivity index (χ0) is 12.2. The SMILES string of the molecule is CCc1ccc(CC(N)C(C)(C)OC)cc1. The van der Waals surface area contributed by atoms with E-state index in [9.17, 15) is 0 Å². The van der Waals surface area contributed by atoms with Crippen LogP contribution < -0.4 is 5.73 Å². The molecule has 2 nitrogen and oxygen atoms in total. The Balaban J connectivity index is 2.66. The van der Waals surface area contributed by atoms with Crippen molar-refractivity contribution in [1.82, 2.24) is 0 Å². The lowest BCUT2D eigenvalue weighted by molar-refractivity contribution is 0.000805. The van der Waals surface area contributed by atoms with Crippen LogP contribution in [0.5, 0.6) is 0 Å². The summed E-state index contributed by atoms with van der Waals surface area (Å²) in [4.78, 5) is 0. The van der Waals surface area contributed by atoms with Crippen LogP contribution in [-0.2, 0) is 17.6 Å². The van der Waals surface area contributed by atoms with E-state index in [0.717, 1.165) is 12.8 Å². The standard InChI is InChI=1S/C14H23NO/c1-5-11-6-8-12(9-7-11)10-13(15)14(2,3)16-4/h6-9,13H,5,10,15H2,1-4H3. The third kappa shape index (κ3) is 3.32. The first-order chi connectivity index (χ1) is 7.49. The molecule has 1 aromatic rings. The van der Waals surface area contributed by atoms with Crippen molar-refractivity contribution in [3.63, 3.8) is 0 Å². The molecule has 0 aromatic heterocycles. The van der Waals surface area contributed by atoms with Crippen molar-refractivity contribution in [2.45, 2.75) is 45.3 Å². The van der Waals surface area contributed by atoms with E-state index in [-0.39, 0.29) is 11.6 Å². The zero-order valence-electron chi connectivity index (χ0n) is 10.8. The monoisotopic (exact) mass is 221 g/mol. The van der Waals surface area contributed by atoms with Crippen LogP contribution in [0.1, 0.15) is 31.9 Å². The molecule has 1 aromatic carbocycles. The summed E-state index contributed by atoms with van der Waals surface area (Å²) in [6.45, 7) is 6.21. The molecule has 0 radical (unpaired) electrons. The molecule has 0 saturated carbocycles. The second-order valence-electron chi connectivity index (χ2n) is 4.79. The predicted molar refractivity (Wildman–Crippen MR) is 68.6 cm³/mol. The maximum atomic E-state index is 6.14. The number of aryl methyl sites for hydroxylation is 1. The summed E-state index contributed by atoms with van der Waals surface area (Å²) in [7, 11) is 1.71. The van der Waals surface area contributed by atoms with E-state index in [1.165, 1.54) is 11.1 Å². The molecule has 16 heavy (non-hydrogen) atoms. The smallest absolute Gasteiger partial charge is 0.0776 e. The van der Waals surface area contributed by atoms with Gasteiger partial charge in [0.05, 0.1) is 5.60 Å². The lowest BCUT2D eigenvalue weighted by Gasteiger charge is -2.30. The van der Waals surface area contributed by atoms with Crippen molar-refractivity contribution in [3.8, 4) is 0 Å². The molecule has 0 saturated heterocycles. The van der Waals surface area contributed by atoms with Crippen molar-refractivity contribution in [2.75, 3.05) is 7.11 Å². The molecule has 0 bridgehead atoms. The number of benzene rings is 1. The molecule has 1 rings (SSSR count). The van der Waals surface area contributed by atoms with Crippen molar-refractivity contribution in [2.24, 2.45) is 5.73 Å². The van der Waals surface area contributed by atoms with Gasteiger partial charge in [0.15, 0.2) is 0 Å². The van der Waals surface area contributed by atoms with Crippen molar-refractivity contribution >= 4 is 0 Å². The normalized spacial score (nSPS) is 13.8. The minimum atomic E-state index is -0.274. The van der Waals surface area contributed by atoms with Gasteiger partial charge in [0.25, 0.3) is 0 Å². The summed E-state index contributed by atoms with van der Waals surface area (Å²) in [5, 5.41) is 0. The van der Waals surface area contributed by atoms with Gasteiger partial charge in [0.2, 0.25) is 0 Å². The Morgan fingerprint density at radius 2 is 1.69 bits per heavy atom. The van der Waals surface area contributed by atoms with E-state index < -0.39 is 0 Å². The molecule has 1 unspecified atom stereocenters. The number of rotatable bonds is 5. The molecule has 0 aliphatic heterocycles. The Hall–Kier alpha value is -0.860. The zero-order valence-corrected chi connectivity index (χ0v) is 10.8. The summed E-state index contributed by atoms with van der Waals surface area (Å²) in [5.74, 6) is 0. The minimum absolute atomic E-state index is 0.0185. The Labute approximate surface area is 98.8 Å². The Kier molecular flexibility index (Phi) is 4.51. The Bertz CT molecular complexity index is 316. The third-order valence-electron chi connectivity index (χ3n) is 3.31. The molecule has 0 heterocycles. The minimum Gasteiger partial charge on any atom is -0.377 e. The topological polar surface area (TPSA) is 35.2 Å². The summed E-state index contributed by atoms with van der Waals surface area (Å²) in [5.41, 5.74) is 8.50. The van der Waals surface area contributed by atoms with Crippen LogP contribution >= 0.6 is 0 Å². The van der Waals surface area contributed by atoms with E-state index in [1.54, 1.807) is 7.11 Å². The Morgan fingerprint density at radius 3 is 2.12 bits per heavy atom.